The Morgan fingerprint density at radius 3 is 3.27 bits per heavy atom. The van der Waals surface area contributed by atoms with Gasteiger partial charge in [-0.05, 0) is 12.8 Å². The maximum atomic E-state index is 11.1. The van der Waals surface area contributed by atoms with Crippen LogP contribution in [-0.4, -0.2) is 34.6 Å². The van der Waals surface area contributed by atoms with Gasteiger partial charge in [0.25, 0.3) is 0 Å². The van der Waals surface area contributed by atoms with E-state index in [4.69, 9.17) is 0 Å². The summed E-state index contributed by atoms with van der Waals surface area (Å²) in [5, 5.41) is 9.27. The molecule has 2 aliphatic heterocycles. The van der Waals surface area contributed by atoms with Crippen molar-refractivity contribution in [2.45, 2.75) is 25.0 Å². The lowest BCUT2D eigenvalue weighted by molar-refractivity contribution is -0.128. The Labute approximate surface area is 65.3 Å². The number of aliphatic hydroxyl groups is 1. The predicted molar refractivity (Wildman–Crippen MR) is 39.9 cm³/mol. The van der Waals surface area contributed by atoms with Crippen LogP contribution in [-0.2, 0) is 4.79 Å². The van der Waals surface area contributed by atoms with E-state index in [9.17, 15) is 9.90 Å². The molecule has 1 amide bonds. The summed E-state index contributed by atoms with van der Waals surface area (Å²) in [6.07, 6.45) is 4.70. The fourth-order valence-corrected chi connectivity index (χ4v) is 1.72. The van der Waals surface area contributed by atoms with Crippen LogP contribution in [0.15, 0.2) is 12.2 Å². The molecular formula is C8H11NO2. The second kappa shape index (κ2) is 2.34. The minimum Gasteiger partial charge on any atom is -0.393 e. The van der Waals surface area contributed by atoms with Gasteiger partial charge in [-0.15, -0.1) is 0 Å². The Kier molecular flexibility index (Phi) is 1.46. The van der Waals surface area contributed by atoms with Crippen molar-refractivity contribution in [2.75, 3.05) is 6.54 Å². The molecule has 0 saturated carbocycles. The van der Waals surface area contributed by atoms with Gasteiger partial charge in [0.15, 0.2) is 0 Å². The summed E-state index contributed by atoms with van der Waals surface area (Å²) in [5.74, 6) is 0.0990. The molecule has 2 heterocycles. The fraction of sp³-hybridized carbons (Fsp3) is 0.625. The Morgan fingerprint density at radius 2 is 2.45 bits per heavy atom. The molecule has 2 atom stereocenters. The Morgan fingerprint density at radius 1 is 1.64 bits per heavy atom. The van der Waals surface area contributed by atoms with E-state index in [-0.39, 0.29) is 18.1 Å². The number of hydrogen-bond donors (Lipinski definition) is 1. The predicted octanol–water partition coefficient (Wildman–Crippen LogP) is -0.0919. The van der Waals surface area contributed by atoms with Crippen LogP contribution >= 0.6 is 0 Å². The van der Waals surface area contributed by atoms with Crippen molar-refractivity contribution in [1.82, 2.24) is 4.90 Å². The van der Waals surface area contributed by atoms with Crippen LogP contribution in [0.3, 0.4) is 0 Å². The van der Waals surface area contributed by atoms with Gasteiger partial charge in [-0.3, -0.25) is 4.79 Å². The van der Waals surface area contributed by atoms with E-state index in [2.05, 4.69) is 0 Å². The van der Waals surface area contributed by atoms with Gasteiger partial charge in [0, 0.05) is 12.6 Å². The maximum Gasteiger partial charge on any atom is 0.246 e. The molecule has 0 bridgehead atoms. The topological polar surface area (TPSA) is 40.5 Å². The molecule has 0 aromatic heterocycles. The molecule has 1 N–H and O–H groups in total. The van der Waals surface area contributed by atoms with E-state index >= 15 is 0 Å². The largest absolute Gasteiger partial charge is 0.393 e. The zero-order valence-electron chi connectivity index (χ0n) is 6.23. The monoisotopic (exact) mass is 153 g/mol. The minimum absolute atomic E-state index is 0.0990. The van der Waals surface area contributed by atoms with E-state index in [0.29, 0.717) is 13.0 Å². The van der Waals surface area contributed by atoms with Gasteiger partial charge in [0.1, 0.15) is 0 Å². The zero-order chi connectivity index (χ0) is 7.84. The summed E-state index contributed by atoms with van der Waals surface area (Å²) >= 11 is 0. The van der Waals surface area contributed by atoms with Crippen molar-refractivity contribution in [3.63, 3.8) is 0 Å². The molecule has 1 fully saturated rings. The Bertz CT molecular complexity index is 212. The quantitative estimate of drug-likeness (QED) is 0.528. The summed E-state index contributed by atoms with van der Waals surface area (Å²) < 4.78 is 0. The highest BCUT2D eigenvalue weighted by Crippen LogP contribution is 2.22. The molecule has 3 nitrogen and oxygen atoms in total. The van der Waals surface area contributed by atoms with Crippen molar-refractivity contribution in [1.29, 1.82) is 0 Å². The Hall–Kier alpha value is -0.830. The third kappa shape index (κ3) is 1.05. The average Bonchev–Trinajstić information content (AvgIpc) is 2.32. The SMILES string of the molecule is O=C1C=C[C@H]2C[C@H](O)CCN12. The number of fused-ring (bicyclic) bond motifs is 1. The van der Waals surface area contributed by atoms with Gasteiger partial charge >= 0.3 is 0 Å². The van der Waals surface area contributed by atoms with Crippen LogP contribution in [0.4, 0.5) is 0 Å². The third-order valence-corrected chi connectivity index (χ3v) is 2.36. The van der Waals surface area contributed by atoms with Gasteiger partial charge in [0.05, 0.1) is 12.1 Å². The molecular weight excluding hydrogens is 142 g/mol. The van der Waals surface area contributed by atoms with E-state index in [1.807, 2.05) is 11.0 Å². The van der Waals surface area contributed by atoms with Gasteiger partial charge < -0.3 is 10.0 Å². The van der Waals surface area contributed by atoms with E-state index in [1.165, 1.54) is 0 Å². The third-order valence-electron chi connectivity index (χ3n) is 2.36. The molecule has 0 aliphatic carbocycles. The van der Waals surface area contributed by atoms with E-state index in [1.54, 1.807) is 6.08 Å². The molecule has 1 saturated heterocycles. The fourth-order valence-electron chi connectivity index (χ4n) is 1.72. The zero-order valence-corrected chi connectivity index (χ0v) is 6.23. The van der Waals surface area contributed by atoms with Crippen LogP contribution in [0.2, 0.25) is 0 Å². The summed E-state index contributed by atoms with van der Waals surface area (Å²) in [6.45, 7) is 0.706. The van der Waals surface area contributed by atoms with Crippen molar-refractivity contribution < 1.29 is 9.90 Å². The summed E-state index contributed by atoms with van der Waals surface area (Å²) in [6, 6.07) is 0.172. The van der Waals surface area contributed by atoms with Gasteiger partial charge in [-0.2, -0.15) is 0 Å². The van der Waals surface area contributed by atoms with Crippen molar-refractivity contribution in [2.24, 2.45) is 0 Å². The van der Waals surface area contributed by atoms with Gasteiger partial charge in [0.2, 0.25) is 5.91 Å². The molecule has 60 valence electrons. The van der Waals surface area contributed by atoms with Crippen LogP contribution < -0.4 is 0 Å². The van der Waals surface area contributed by atoms with Crippen LogP contribution in [0, 0.1) is 0 Å². The van der Waals surface area contributed by atoms with Gasteiger partial charge in [-0.25, -0.2) is 0 Å². The maximum absolute atomic E-state index is 11.1. The molecule has 0 aromatic rings. The molecule has 0 radical (unpaired) electrons. The first-order chi connectivity index (χ1) is 5.27. The van der Waals surface area contributed by atoms with Crippen LogP contribution in [0.1, 0.15) is 12.8 Å². The molecule has 0 spiro atoms. The highest BCUT2D eigenvalue weighted by molar-refractivity contribution is 5.90. The first-order valence-electron chi connectivity index (χ1n) is 3.94. The molecule has 2 rings (SSSR count). The smallest absolute Gasteiger partial charge is 0.246 e. The molecule has 2 aliphatic rings. The number of nitrogens with zero attached hydrogens (tertiary/aromatic N) is 1. The number of carbonyl (C=O) groups excluding carboxylic acids is 1. The number of amides is 1. The van der Waals surface area contributed by atoms with Crippen molar-refractivity contribution in [3.05, 3.63) is 12.2 Å². The second-order valence-electron chi connectivity index (χ2n) is 3.14. The van der Waals surface area contributed by atoms with Crippen molar-refractivity contribution >= 4 is 5.91 Å². The number of hydrogen-bond acceptors (Lipinski definition) is 2. The number of rotatable bonds is 0. The molecule has 11 heavy (non-hydrogen) atoms. The number of piperidine rings is 1. The molecule has 0 unspecified atom stereocenters. The minimum atomic E-state index is -0.216. The standard InChI is InChI=1S/C8H11NO2/c10-7-3-4-9-6(5-7)1-2-8(9)11/h1-2,6-7,10H,3-5H2/t6-,7+/m0/s1. The molecule has 0 aromatic carbocycles. The number of aliphatic hydroxyl groups excluding tert-OH is 1. The Balaban J connectivity index is 2.11. The van der Waals surface area contributed by atoms with Crippen LogP contribution in [0.5, 0.6) is 0 Å². The lowest BCUT2D eigenvalue weighted by Crippen LogP contribution is -2.42. The lowest BCUT2D eigenvalue weighted by Gasteiger charge is -2.32. The highest BCUT2D eigenvalue weighted by atomic mass is 16.3. The summed E-state index contributed by atoms with van der Waals surface area (Å²) in [4.78, 5) is 12.9. The summed E-state index contributed by atoms with van der Waals surface area (Å²) in [5.41, 5.74) is 0. The number of carbonyl (C=O) groups is 1. The second-order valence-corrected chi connectivity index (χ2v) is 3.14. The van der Waals surface area contributed by atoms with Crippen molar-refractivity contribution in [3.8, 4) is 0 Å². The van der Waals surface area contributed by atoms with Gasteiger partial charge in [-0.1, -0.05) is 6.08 Å². The lowest BCUT2D eigenvalue weighted by atomic mass is 10.0. The van der Waals surface area contributed by atoms with Crippen LogP contribution in [0.25, 0.3) is 0 Å². The first-order valence-corrected chi connectivity index (χ1v) is 3.94. The molecule has 3 heteroatoms. The normalized spacial score (nSPS) is 36.1. The summed E-state index contributed by atoms with van der Waals surface area (Å²) in [7, 11) is 0. The highest BCUT2D eigenvalue weighted by Gasteiger charge is 2.31. The average molecular weight is 153 g/mol. The van der Waals surface area contributed by atoms with E-state index in [0.717, 1.165) is 6.42 Å². The first kappa shape index (κ1) is 6.85. The van der Waals surface area contributed by atoms with E-state index < -0.39 is 0 Å².